The Morgan fingerprint density at radius 2 is 1.79 bits per heavy atom. The Morgan fingerprint density at radius 3 is 2.38 bits per heavy atom. The smallest absolute Gasteiger partial charge is 0.306 e. The summed E-state index contributed by atoms with van der Waals surface area (Å²) in [4.78, 5) is 11.1. The minimum Gasteiger partial charge on any atom is -0.481 e. The third-order valence-corrected chi connectivity index (χ3v) is 5.85. The molecule has 0 unspecified atom stereocenters. The van der Waals surface area contributed by atoms with Gasteiger partial charge in [0.2, 0.25) is 0 Å². The number of nitrogens with zero attached hydrogens (tertiary/aromatic N) is 3. The Labute approximate surface area is 141 Å². The molecule has 2 aromatic rings. The largest absolute Gasteiger partial charge is 0.481 e. The first-order valence-electron chi connectivity index (χ1n) is 8.80. The lowest BCUT2D eigenvalue weighted by Crippen LogP contribution is -2.22. The van der Waals surface area contributed by atoms with Crippen molar-refractivity contribution in [3.05, 3.63) is 47.5 Å². The van der Waals surface area contributed by atoms with Crippen molar-refractivity contribution in [2.75, 3.05) is 0 Å². The molecule has 5 nitrogen and oxygen atoms in total. The zero-order valence-corrected chi connectivity index (χ0v) is 14.0. The van der Waals surface area contributed by atoms with E-state index in [9.17, 15) is 4.79 Å². The minimum atomic E-state index is -0.659. The molecule has 0 bridgehead atoms. The van der Waals surface area contributed by atoms with Crippen molar-refractivity contribution in [2.45, 2.75) is 49.9 Å². The Balaban J connectivity index is 1.58. The van der Waals surface area contributed by atoms with E-state index in [0.29, 0.717) is 5.92 Å². The van der Waals surface area contributed by atoms with Gasteiger partial charge < -0.3 is 9.67 Å². The summed E-state index contributed by atoms with van der Waals surface area (Å²) < 4.78 is 2.17. The highest BCUT2D eigenvalue weighted by molar-refractivity contribution is 5.70. The van der Waals surface area contributed by atoms with Gasteiger partial charge in [-0.2, -0.15) is 0 Å². The number of aliphatic carboxylic acids is 1. The predicted octanol–water partition coefficient (Wildman–Crippen LogP) is 3.25. The van der Waals surface area contributed by atoms with Gasteiger partial charge in [0.05, 0.1) is 11.3 Å². The Bertz CT molecular complexity index is 741. The van der Waals surface area contributed by atoms with Crippen LogP contribution in [0.3, 0.4) is 0 Å². The van der Waals surface area contributed by atoms with Crippen molar-refractivity contribution in [3.8, 4) is 0 Å². The number of carboxylic acids is 1. The fourth-order valence-corrected chi connectivity index (χ4v) is 4.24. The molecule has 0 amide bonds. The Morgan fingerprint density at radius 1 is 1.12 bits per heavy atom. The van der Waals surface area contributed by atoms with Gasteiger partial charge >= 0.3 is 5.97 Å². The van der Waals surface area contributed by atoms with Crippen molar-refractivity contribution < 1.29 is 9.90 Å². The Hall–Kier alpha value is -2.17. The molecule has 2 aliphatic carbocycles. The number of benzene rings is 1. The predicted molar refractivity (Wildman–Crippen MR) is 89.8 cm³/mol. The van der Waals surface area contributed by atoms with E-state index in [0.717, 1.165) is 50.2 Å². The molecule has 24 heavy (non-hydrogen) atoms. The summed E-state index contributed by atoms with van der Waals surface area (Å²) in [5.41, 5.74) is 1.35. The van der Waals surface area contributed by atoms with Crippen LogP contribution in [0.15, 0.2) is 30.3 Å². The van der Waals surface area contributed by atoms with Crippen LogP contribution in [-0.4, -0.2) is 25.8 Å². The lowest BCUT2D eigenvalue weighted by atomic mass is 9.81. The molecule has 5 heteroatoms. The highest BCUT2D eigenvalue weighted by Crippen LogP contribution is 2.53. The summed E-state index contributed by atoms with van der Waals surface area (Å²) in [6, 6.07) is 10.6. The van der Waals surface area contributed by atoms with Gasteiger partial charge in [0.25, 0.3) is 0 Å². The summed E-state index contributed by atoms with van der Waals surface area (Å²) in [6.45, 7) is 0. The molecule has 1 N–H and O–H groups in total. The van der Waals surface area contributed by atoms with E-state index in [1.54, 1.807) is 0 Å². The molecule has 4 rings (SSSR count). The second-order valence-corrected chi connectivity index (χ2v) is 7.28. The Kier molecular flexibility index (Phi) is 3.66. The molecule has 2 saturated carbocycles. The topological polar surface area (TPSA) is 68.0 Å². The number of hydrogen-bond donors (Lipinski definition) is 1. The first kappa shape index (κ1) is 15.4. The molecule has 0 radical (unpaired) electrons. The molecule has 2 fully saturated rings. The number of carboxylic acid groups (broad SMARTS) is 1. The van der Waals surface area contributed by atoms with Crippen LogP contribution < -0.4 is 0 Å². The number of carbonyl (C=O) groups is 1. The van der Waals surface area contributed by atoms with Crippen LogP contribution in [0.25, 0.3) is 0 Å². The second kappa shape index (κ2) is 5.72. The van der Waals surface area contributed by atoms with Gasteiger partial charge in [0, 0.05) is 13.0 Å². The molecular weight excluding hydrogens is 302 g/mol. The summed E-state index contributed by atoms with van der Waals surface area (Å²) in [5.74, 6) is 1.57. The second-order valence-electron chi connectivity index (χ2n) is 7.28. The molecular formula is C19H23N3O2. The van der Waals surface area contributed by atoms with Gasteiger partial charge in [-0.25, -0.2) is 0 Å². The van der Waals surface area contributed by atoms with Gasteiger partial charge in [0.15, 0.2) is 0 Å². The lowest BCUT2D eigenvalue weighted by molar-refractivity contribution is -0.142. The molecule has 0 saturated heterocycles. The van der Waals surface area contributed by atoms with Crippen molar-refractivity contribution >= 4 is 5.97 Å². The van der Waals surface area contributed by atoms with Crippen molar-refractivity contribution in [1.82, 2.24) is 14.8 Å². The fourth-order valence-electron chi connectivity index (χ4n) is 4.24. The van der Waals surface area contributed by atoms with Gasteiger partial charge in [-0.05, 0) is 44.1 Å². The lowest BCUT2D eigenvalue weighted by Gasteiger charge is -2.25. The first-order chi connectivity index (χ1) is 11.6. The normalized spacial score (nSPS) is 25.4. The molecule has 0 aliphatic heterocycles. The van der Waals surface area contributed by atoms with Crippen LogP contribution in [0.2, 0.25) is 0 Å². The van der Waals surface area contributed by atoms with Crippen LogP contribution in [0.1, 0.15) is 61.7 Å². The van der Waals surface area contributed by atoms with Gasteiger partial charge in [-0.1, -0.05) is 30.3 Å². The van der Waals surface area contributed by atoms with Crippen LogP contribution in [0.5, 0.6) is 0 Å². The maximum absolute atomic E-state index is 11.1. The van der Waals surface area contributed by atoms with Gasteiger partial charge in [-0.3, -0.25) is 4.79 Å². The molecule has 126 valence electrons. The molecule has 1 aromatic heterocycles. The van der Waals surface area contributed by atoms with E-state index in [4.69, 9.17) is 5.11 Å². The molecule has 0 atom stereocenters. The summed E-state index contributed by atoms with van der Waals surface area (Å²) in [5, 5.41) is 18.2. The van der Waals surface area contributed by atoms with Crippen molar-refractivity contribution in [1.29, 1.82) is 0 Å². The third-order valence-electron chi connectivity index (χ3n) is 5.85. The van der Waals surface area contributed by atoms with Gasteiger partial charge in [0.1, 0.15) is 11.6 Å². The molecule has 1 aromatic carbocycles. The van der Waals surface area contributed by atoms with E-state index in [1.165, 1.54) is 5.56 Å². The highest BCUT2D eigenvalue weighted by Gasteiger charge is 2.50. The average Bonchev–Trinajstić information content (AvgIpc) is 3.33. The average molecular weight is 325 g/mol. The van der Waals surface area contributed by atoms with Crippen molar-refractivity contribution in [3.63, 3.8) is 0 Å². The zero-order chi connectivity index (χ0) is 16.7. The number of rotatable bonds is 4. The first-order valence-corrected chi connectivity index (χ1v) is 8.80. The number of hydrogen-bond acceptors (Lipinski definition) is 3. The SMILES string of the molecule is Cn1c(C2(c3ccccc3)CC2)nnc1[C@H]1CC[C@H](C(=O)O)CC1. The molecule has 1 heterocycles. The quantitative estimate of drug-likeness (QED) is 0.937. The van der Waals surface area contributed by atoms with Crippen LogP contribution in [0.4, 0.5) is 0 Å². The van der Waals surface area contributed by atoms with Gasteiger partial charge in [-0.15, -0.1) is 10.2 Å². The van der Waals surface area contributed by atoms with E-state index in [2.05, 4.69) is 46.1 Å². The molecule has 2 aliphatic rings. The van der Waals surface area contributed by atoms with Crippen LogP contribution >= 0.6 is 0 Å². The number of aromatic nitrogens is 3. The van der Waals surface area contributed by atoms with E-state index >= 15 is 0 Å². The van der Waals surface area contributed by atoms with Crippen molar-refractivity contribution in [2.24, 2.45) is 13.0 Å². The fraction of sp³-hybridized carbons (Fsp3) is 0.526. The summed E-state index contributed by atoms with van der Waals surface area (Å²) in [7, 11) is 2.07. The van der Waals surface area contributed by atoms with E-state index in [1.807, 2.05) is 6.07 Å². The summed E-state index contributed by atoms with van der Waals surface area (Å²) >= 11 is 0. The minimum absolute atomic E-state index is 0.0273. The van der Waals surface area contributed by atoms with E-state index < -0.39 is 5.97 Å². The maximum atomic E-state index is 11.1. The van der Waals surface area contributed by atoms with E-state index in [-0.39, 0.29) is 11.3 Å². The monoisotopic (exact) mass is 325 g/mol. The highest BCUT2D eigenvalue weighted by atomic mass is 16.4. The third kappa shape index (κ3) is 2.43. The standard InChI is InChI=1S/C19H23N3O2/c1-22-16(13-7-9-14(10-8-13)17(23)24)20-21-18(22)19(11-12-19)15-5-3-2-4-6-15/h2-6,13-14H,7-12H2,1H3,(H,23,24)/t13-,14-. The summed E-state index contributed by atoms with van der Waals surface area (Å²) in [6.07, 6.45) is 5.50. The van der Waals surface area contributed by atoms with Crippen LogP contribution in [0, 0.1) is 5.92 Å². The molecule has 0 spiro atoms. The van der Waals surface area contributed by atoms with Crippen LogP contribution in [-0.2, 0) is 17.3 Å². The zero-order valence-electron chi connectivity index (χ0n) is 14.0. The maximum Gasteiger partial charge on any atom is 0.306 e.